The van der Waals surface area contributed by atoms with E-state index >= 15 is 0 Å². The molecule has 0 radical (unpaired) electrons. The zero-order valence-electron chi connectivity index (χ0n) is 6.94. The Hall–Kier alpha value is -1.97. The molecule has 0 aliphatic carbocycles. The zero-order valence-corrected chi connectivity index (χ0v) is 6.94. The third kappa shape index (κ3) is 1.61. The second-order valence-electron chi connectivity index (χ2n) is 2.59. The lowest BCUT2D eigenvalue weighted by Gasteiger charge is -1.96. The lowest BCUT2D eigenvalue weighted by atomic mass is 10.2. The van der Waals surface area contributed by atoms with Crippen molar-refractivity contribution >= 4 is 5.95 Å². The number of anilines is 1. The van der Waals surface area contributed by atoms with Gasteiger partial charge in [0.2, 0.25) is 5.95 Å². The third-order valence-corrected chi connectivity index (χ3v) is 1.68. The Labute approximate surface area is 75.5 Å². The van der Waals surface area contributed by atoms with E-state index in [1.54, 1.807) is 6.20 Å². The summed E-state index contributed by atoms with van der Waals surface area (Å²) < 4.78 is 0. The standard InChI is InChI=1S/C9H8N4/c10-9-12-5-3-8(13-9)7-2-1-4-11-6-7/h1-6H,(H2,10,12,13)/p+1. The summed E-state index contributed by atoms with van der Waals surface area (Å²) in [5, 5.41) is 0. The van der Waals surface area contributed by atoms with E-state index in [-0.39, 0.29) is 0 Å². The van der Waals surface area contributed by atoms with Gasteiger partial charge in [-0.1, -0.05) is 0 Å². The molecule has 0 aromatic carbocycles. The van der Waals surface area contributed by atoms with Gasteiger partial charge in [-0.05, 0) is 12.1 Å². The minimum Gasteiger partial charge on any atom is -0.368 e. The Kier molecular flexibility index (Phi) is 1.88. The van der Waals surface area contributed by atoms with Gasteiger partial charge in [0.1, 0.15) is 0 Å². The summed E-state index contributed by atoms with van der Waals surface area (Å²) in [5.41, 5.74) is 7.28. The van der Waals surface area contributed by atoms with Crippen molar-refractivity contribution in [3.05, 3.63) is 36.8 Å². The minimum atomic E-state index is 0.293. The van der Waals surface area contributed by atoms with Crippen LogP contribution in [0.4, 0.5) is 5.95 Å². The molecule has 2 heterocycles. The molecule has 0 saturated carbocycles. The van der Waals surface area contributed by atoms with Crippen LogP contribution in [-0.2, 0) is 0 Å². The lowest BCUT2D eigenvalue weighted by Crippen LogP contribution is -2.00. The van der Waals surface area contributed by atoms with Crippen molar-refractivity contribution in [2.75, 3.05) is 5.73 Å². The van der Waals surface area contributed by atoms with Crippen molar-refractivity contribution < 1.29 is 4.98 Å². The monoisotopic (exact) mass is 173 g/mol. The number of aromatic nitrogens is 3. The molecule has 0 atom stereocenters. The number of hydrogen-bond donors (Lipinski definition) is 1. The summed E-state index contributed by atoms with van der Waals surface area (Å²) in [6, 6.07) is 5.69. The molecular weight excluding hydrogens is 164 g/mol. The fraction of sp³-hybridized carbons (Fsp3) is 0. The van der Waals surface area contributed by atoms with Crippen LogP contribution < -0.4 is 10.7 Å². The van der Waals surface area contributed by atoms with Gasteiger partial charge < -0.3 is 5.73 Å². The molecular formula is C9H9N4+. The van der Waals surface area contributed by atoms with Gasteiger partial charge in [0.05, 0.1) is 11.3 Å². The third-order valence-electron chi connectivity index (χ3n) is 1.68. The van der Waals surface area contributed by atoms with Crippen LogP contribution in [0, 0.1) is 0 Å². The molecule has 3 N–H and O–H groups in total. The van der Waals surface area contributed by atoms with Crippen LogP contribution in [0.25, 0.3) is 11.3 Å². The highest BCUT2D eigenvalue weighted by molar-refractivity contribution is 5.57. The maximum absolute atomic E-state index is 5.46. The van der Waals surface area contributed by atoms with E-state index in [0.717, 1.165) is 11.3 Å². The second kappa shape index (κ2) is 3.18. The molecule has 0 amide bonds. The topological polar surface area (TPSA) is 65.9 Å². The highest BCUT2D eigenvalue weighted by Gasteiger charge is 2.00. The molecule has 2 aromatic heterocycles. The number of nitrogens with two attached hydrogens (primary N) is 1. The molecule has 0 fully saturated rings. The maximum atomic E-state index is 5.46. The van der Waals surface area contributed by atoms with E-state index < -0.39 is 0 Å². The molecule has 64 valence electrons. The van der Waals surface area contributed by atoms with Gasteiger partial charge in [-0.15, -0.1) is 0 Å². The Morgan fingerprint density at radius 3 is 2.92 bits per heavy atom. The predicted molar refractivity (Wildman–Crippen MR) is 48.4 cm³/mol. The van der Waals surface area contributed by atoms with Gasteiger partial charge in [-0.3, -0.25) is 0 Å². The van der Waals surface area contributed by atoms with Crippen LogP contribution in [0.15, 0.2) is 36.8 Å². The summed E-state index contributed by atoms with van der Waals surface area (Å²) in [5.74, 6) is 0.293. The number of hydrogen-bond acceptors (Lipinski definition) is 3. The molecule has 2 aromatic rings. The normalized spacial score (nSPS) is 9.85. The Balaban J connectivity index is 2.48. The largest absolute Gasteiger partial charge is 0.368 e. The Bertz CT molecular complexity index is 399. The SMILES string of the molecule is Nc1nccc(-c2ccc[nH+]c2)n1. The molecule has 0 aliphatic rings. The fourth-order valence-electron chi connectivity index (χ4n) is 1.09. The second-order valence-corrected chi connectivity index (χ2v) is 2.59. The summed E-state index contributed by atoms with van der Waals surface area (Å²) in [6.45, 7) is 0. The molecule has 2 rings (SSSR count). The van der Waals surface area contributed by atoms with Crippen LogP contribution >= 0.6 is 0 Å². The smallest absolute Gasteiger partial charge is 0.220 e. The predicted octanol–water partition coefficient (Wildman–Crippen LogP) is 0.540. The fourth-order valence-corrected chi connectivity index (χ4v) is 1.09. The Morgan fingerprint density at radius 2 is 2.23 bits per heavy atom. The van der Waals surface area contributed by atoms with E-state index in [2.05, 4.69) is 15.0 Å². The highest BCUT2D eigenvalue weighted by Crippen LogP contribution is 2.13. The number of rotatable bonds is 1. The lowest BCUT2D eigenvalue weighted by molar-refractivity contribution is -0.377. The van der Waals surface area contributed by atoms with Crippen molar-refractivity contribution in [2.24, 2.45) is 0 Å². The summed E-state index contributed by atoms with van der Waals surface area (Å²) in [7, 11) is 0. The van der Waals surface area contributed by atoms with Crippen LogP contribution in [-0.4, -0.2) is 9.97 Å². The molecule has 0 aliphatic heterocycles. The quantitative estimate of drug-likeness (QED) is 0.684. The zero-order chi connectivity index (χ0) is 9.10. The molecule has 4 heteroatoms. The summed E-state index contributed by atoms with van der Waals surface area (Å²) in [4.78, 5) is 10.9. The number of H-pyrrole nitrogens is 1. The molecule has 0 unspecified atom stereocenters. The first-order valence-electron chi connectivity index (χ1n) is 3.91. The van der Waals surface area contributed by atoms with Crippen LogP contribution in [0.1, 0.15) is 0 Å². The summed E-state index contributed by atoms with van der Waals surface area (Å²) >= 11 is 0. The average molecular weight is 173 g/mol. The first-order valence-corrected chi connectivity index (χ1v) is 3.91. The van der Waals surface area contributed by atoms with Crippen molar-refractivity contribution in [2.45, 2.75) is 0 Å². The van der Waals surface area contributed by atoms with Crippen LogP contribution in [0.2, 0.25) is 0 Å². The first-order chi connectivity index (χ1) is 6.36. The number of nitrogens with one attached hydrogen (secondary N) is 1. The summed E-state index contributed by atoms with van der Waals surface area (Å²) in [6.07, 6.45) is 5.35. The molecule has 4 nitrogen and oxygen atoms in total. The number of nitrogen functional groups attached to an aromatic ring is 1. The van der Waals surface area contributed by atoms with Crippen LogP contribution in [0.3, 0.4) is 0 Å². The van der Waals surface area contributed by atoms with Gasteiger partial charge >= 0.3 is 0 Å². The van der Waals surface area contributed by atoms with Gasteiger partial charge in [0, 0.05) is 12.3 Å². The average Bonchev–Trinajstić information content (AvgIpc) is 2.19. The van der Waals surface area contributed by atoms with E-state index in [4.69, 9.17) is 5.73 Å². The van der Waals surface area contributed by atoms with Gasteiger partial charge in [-0.25, -0.2) is 15.0 Å². The number of nitrogens with zero attached hydrogens (tertiary/aromatic N) is 2. The first kappa shape index (κ1) is 7.67. The molecule has 0 saturated heterocycles. The van der Waals surface area contributed by atoms with E-state index in [0.29, 0.717) is 5.95 Å². The number of pyridine rings is 1. The van der Waals surface area contributed by atoms with E-state index in [1.807, 2.05) is 30.6 Å². The minimum absolute atomic E-state index is 0.293. The number of aromatic amines is 1. The van der Waals surface area contributed by atoms with E-state index in [1.165, 1.54) is 0 Å². The van der Waals surface area contributed by atoms with Gasteiger partial charge in [0.25, 0.3) is 0 Å². The van der Waals surface area contributed by atoms with Crippen molar-refractivity contribution in [1.29, 1.82) is 0 Å². The van der Waals surface area contributed by atoms with Crippen molar-refractivity contribution in [3.8, 4) is 11.3 Å². The van der Waals surface area contributed by atoms with E-state index in [9.17, 15) is 0 Å². The highest BCUT2D eigenvalue weighted by atomic mass is 15.0. The molecule has 0 bridgehead atoms. The Morgan fingerprint density at radius 1 is 1.31 bits per heavy atom. The van der Waals surface area contributed by atoms with Gasteiger partial charge in [-0.2, -0.15) is 0 Å². The van der Waals surface area contributed by atoms with Gasteiger partial charge in [0.15, 0.2) is 12.4 Å². The van der Waals surface area contributed by atoms with Crippen molar-refractivity contribution in [1.82, 2.24) is 9.97 Å². The van der Waals surface area contributed by atoms with Crippen molar-refractivity contribution in [3.63, 3.8) is 0 Å². The van der Waals surface area contributed by atoms with Crippen LogP contribution in [0.5, 0.6) is 0 Å². The molecule has 0 spiro atoms. The molecule has 13 heavy (non-hydrogen) atoms. The maximum Gasteiger partial charge on any atom is 0.220 e.